The van der Waals surface area contributed by atoms with Gasteiger partial charge in [-0.2, -0.15) is 0 Å². The van der Waals surface area contributed by atoms with Gasteiger partial charge < -0.3 is 15.5 Å². The fourth-order valence-electron chi connectivity index (χ4n) is 4.42. The molecule has 2 aliphatic rings. The Balaban J connectivity index is 1.86. The molecule has 0 saturated heterocycles. The third-order valence-corrected chi connectivity index (χ3v) is 7.35. The fourth-order valence-corrected chi connectivity index (χ4v) is 5.01. The molecular formula is C21H39Cl2N2O2+. The van der Waals surface area contributed by atoms with Gasteiger partial charge in [-0.05, 0) is 75.8 Å². The predicted octanol–water partition coefficient (Wildman–Crippen LogP) is 3.10. The van der Waals surface area contributed by atoms with Gasteiger partial charge >= 0.3 is 0 Å². The van der Waals surface area contributed by atoms with Crippen LogP contribution in [0, 0.1) is 11.8 Å². The van der Waals surface area contributed by atoms with Crippen LogP contribution in [-0.2, 0) is 0 Å². The summed E-state index contributed by atoms with van der Waals surface area (Å²) in [6.07, 6.45) is 11.9. The second kappa shape index (κ2) is 12.7. The van der Waals surface area contributed by atoms with Gasteiger partial charge in [-0.1, -0.05) is 6.92 Å². The Labute approximate surface area is 175 Å². The Hall–Kier alpha value is 0.160. The van der Waals surface area contributed by atoms with Gasteiger partial charge in [0.25, 0.3) is 0 Å². The molecule has 1 fully saturated rings. The van der Waals surface area contributed by atoms with Crippen molar-refractivity contribution in [3.8, 4) is 0 Å². The molecule has 0 amide bonds. The maximum atomic E-state index is 10.7. The third-order valence-electron chi connectivity index (χ3n) is 6.22. The molecule has 6 atom stereocenters. The largest absolute Gasteiger partial charge is 0.392 e. The van der Waals surface area contributed by atoms with E-state index in [0.29, 0.717) is 18.4 Å². The molecule has 4 nitrogen and oxygen atoms in total. The minimum absolute atomic E-state index is 0.0324. The zero-order valence-electron chi connectivity index (χ0n) is 16.8. The fraction of sp³-hybridized carbons (Fsp3) is 0.905. The molecule has 0 aromatic carbocycles. The van der Waals surface area contributed by atoms with Crippen LogP contribution >= 0.6 is 23.2 Å². The number of hydrogen-bond donors (Lipinski definition) is 4. The first kappa shape index (κ1) is 23.4. The summed E-state index contributed by atoms with van der Waals surface area (Å²) in [5, 5.41) is 26.0. The predicted molar refractivity (Wildman–Crippen MR) is 113 cm³/mol. The average Bonchev–Trinajstić information content (AvgIpc) is 2.67. The van der Waals surface area contributed by atoms with E-state index in [1.54, 1.807) is 0 Å². The highest BCUT2D eigenvalue weighted by molar-refractivity contribution is 6.30. The SMILES string of the molecule is CCC(O)CNCCC(CC(O)[NH2+]C1=CCCCC1)C1CCC(Cl)[C@H](Cl)C1. The Morgan fingerprint density at radius 1 is 1.22 bits per heavy atom. The molecule has 2 aliphatic carbocycles. The van der Waals surface area contributed by atoms with Gasteiger partial charge in [0.05, 0.1) is 11.5 Å². The number of aliphatic hydroxyl groups excluding tert-OH is 2. The quantitative estimate of drug-likeness (QED) is 0.235. The van der Waals surface area contributed by atoms with Gasteiger partial charge in [-0.3, -0.25) is 5.32 Å². The smallest absolute Gasteiger partial charge is 0.192 e. The van der Waals surface area contributed by atoms with Gasteiger partial charge in [-0.25, -0.2) is 0 Å². The number of quaternary nitrogens is 1. The normalized spacial score (nSPS) is 29.8. The molecule has 27 heavy (non-hydrogen) atoms. The van der Waals surface area contributed by atoms with Crippen LogP contribution in [0.25, 0.3) is 0 Å². The summed E-state index contributed by atoms with van der Waals surface area (Å²) in [4.78, 5) is 0. The second-order valence-corrected chi connectivity index (χ2v) is 9.54. The van der Waals surface area contributed by atoms with E-state index in [0.717, 1.165) is 57.9 Å². The van der Waals surface area contributed by atoms with Crippen molar-refractivity contribution in [2.75, 3.05) is 13.1 Å². The van der Waals surface area contributed by atoms with E-state index in [4.69, 9.17) is 23.2 Å². The Morgan fingerprint density at radius 3 is 2.70 bits per heavy atom. The summed E-state index contributed by atoms with van der Waals surface area (Å²) in [6, 6.07) is 0. The van der Waals surface area contributed by atoms with Crippen LogP contribution in [0.1, 0.15) is 71.1 Å². The first-order valence-corrected chi connectivity index (χ1v) is 11.8. The van der Waals surface area contributed by atoms with Gasteiger partial charge in [0.15, 0.2) is 6.23 Å². The summed E-state index contributed by atoms with van der Waals surface area (Å²) in [7, 11) is 0. The number of halogens is 2. The van der Waals surface area contributed by atoms with Crippen LogP contribution in [0.15, 0.2) is 11.8 Å². The number of rotatable bonds is 11. The Kier molecular flexibility index (Phi) is 11.0. The van der Waals surface area contributed by atoms with E-state index in [9.17, 15) is 10.2 Å². The minimum Gasteiger partial charge on any atom is -0.392 e. The molecule has 5 unspecified atom stereocenters. The van der Waals surface area contributed by atoms with Gasteiger partial charge in [0.1, 0.15) is 5.70 Å². The maximum absolute atomic E-state index is 10.7. The summed E-state index contributed by atoms with van der Waals surface area (Å²) in [5.41, 5.74) is 1.32. The van der Waals surface area contributed by atoms with Crippen LogP contribution in [0.3, 0.4) is 0 Å². The number of hydrogen-bond acceptors (Lipinski definition) is 3. The van der Waals surface area contributed by atoms with Crippen molar-refractivity contribution < 1.29 is 15.5 Å². The van der Waals surface area contributed by atoms with Crippen molar-refractivity contribution in [1.82, 2.24) is 5.32 Å². The Morgan fingerprint density at radius 2 is 2.04 bits per heavy atom. The maximum Gasteiger partial charge on any atom is 0.192 e. The highest BCUT2D eigenvalue weighted by Gasteiger charge is 2.34. The number of nitrogens with two attached hydrogens (primary N) is 1. The first-order chi connectivity index (χ1) is 13.0. The van der Waals surface area contributed by atoms with Crippen molar-refractivity contribution >= 4 is 23.2 Å². The van der Waals surface area contributed by atoms with Crippen LogP contribution < -0.4 is 10.6 Å². The molecule has 2 rings (SSSR count). The average molecular weight is 422 g/mol. The van der Waals surface area contributed by atoms with Crippen molar-refractivity contribution in [3.05, 3.63) is 11.8 Å². The number of alkyl halides is 2. The van der Waals surface area contributed by atoms with Crippen molar-refractivity contribution in [3.63, 3.8) is 0 Å². The van der Waals surface area contributed by atoms with Gasteiger partial charge in [0.2, 0.25) is 0 Å². The molecule has 5 N–H and O–H groups in total. The summed E-state index contributed by atoms with van der Waals surface area (Å²) in [6.45, 7) is 3.49. The van der Waals surface area contributed by atoms with Crippen molar-refractivity contribution in [1.29, 1.82) is 0 Å². The van der Waals surface area contributed by atoms with Crippen molar-refractivity contribution in [2.24, 2.45) is 11.8 Å². The molecule has 1 saturated carbocycles. The van der Waals surface area contributed by atoms with Crippen LogP contribution in [-0.4, -0.2) is 46.4 Å². The molecule has 0 aromatic heterocycles. The lowest BCUT2D eigenvalue weighted by molar-refractivity contribution is -0.686. The van der Waals surface area contributed by atoms with E-state index >= 15 is 0 Å². The van der Waals surface area contributed by atoms with Gasteiger partial charge in [-0.15, -0.1) is 23.2 Å². The molecule has 0 aliphatic heterocycles. The lowest BCUT2D eigenvalue weighted by Crippen LogP contribution is -2.88. The standard InChI is InChI=1S/C21H38Cl2N2O2/c1-2-18(26)14-24-11-10-16(15-8-9-19(22)20(23)12-15)13-21(27)25-17-6-4-3-5-7-17/h6,15-16,18-21,24-27H,2-5,7-14H2,1H3/p+1/t15?,16?,18?,19?,20-,21?/m1/s1. The summed E-state index contributed by atoms with van der Waals surface area (Å²) < 4.78 is 0. The van der Waals surface area contributed by atoms with E-state index in [1.165, 1.54) is 18.5 Å². The number of allylic oxidation sites excluding steroid dienone is 2. The molecule has 0 aromatic rings. The third kappa shape index (κ3) is 8.59. The summed E-state index contributed by atoms with van der Waals surface area (Å²) >= 11 is 12.8. The highest BCUT2D eigenvalue weighted by Crippen LogP contribution is 2.38. The Bertz CT molecular complexity index is 450. The lowest BCUT2D eigenvalue weighted by atomic mass is 9.76. The van der Waals surface area contributed by atoms with Crippen LogP contribution in [0.5, 0.6) is 0 Å². The number of nitrogens with one attached hydrogen (secondary N) is 1. The van der Waals surface area contributed by atoms with Crippen LogP contribution in [0.4, 0.5) is 0 Å². The topological polar surface area (TPSA) is 69.1 Å². The molecular weight excluding hydrogens is 383 g/mol. The number of aliphatic hydroxyl groups is 2. The molecule has 0 radical (unpaired) electrons. The zero-order valence-corrected chi connectivity index (χ0v) is 18.3. The zero-order chi connectivity index (χ0) is 19.6. The van der Waals surface area contributed by atoms with E-state index < -0.39 is 0 Å². The van der Waals surface area contributed by atoms with Gasteiger partial charge in [0, 0.05) is 24.8 Å². The molecule has 0 heterocycles. The van der Waals surface area contributed by atoms with E-state index in [-0.39, 0.29) is 23.1 Å². The first-order valence-electron chi connectivity index (χ1n) is 10.9. The lowest BCUT2D eigenvalue weighted by Gasteiger charge is -2.35. The molecule has 0 spiro atoms. The molecule has 0 bridgehead atoms. The minimum atomic E-state index is -0.386. The van der Waals surface area contributed by atoms with E-state index in [2.05, 4.69) is 16.7 Å². The highest BCUT2D eigenvalue weighted by atomic mass is 35.5. The molecule has 6 heteroatoms. The molecule has 158 valence electrons. The van der Waals surface area contributed by atoms with Crippen LogP contribution in [0.2, 0.25) is 0 Å². The second-order valence-electron chi connectivity index (χ2n) is 8.41. The monoisotopic (exact) mass is 421 g/mol. The summed E-state index contributed by atoms with van der Waals surface area (Å²) in [5.74, 6) is 0.945. The van der Waals surface area contributed by atoms with Crippen molar-refractivity contribution in [2.45, 2.75) is 94.2 Å². The van der Waals surface area contributed by atoms with E-state index in [1.807, 2.05) is 6.92 Å².